The zero-order chi connectivity index (χ0) is 10.7. The lowest BCUT2D eigenvalue weighted by molar-refractivity contribution is 0.415. The van der Waals surface area contributed by atoms with Crippen molar-refractivity contribution >= 4 is 12.2 Å². The molecule has 2 aromatic heterocycles. The van der Waals surface area contributed by atoms with Gasteiger partial charge >= 0.3 is 0 Å². The fraction of sp³-hybridized carbons (Fsp3) is 0.100. The van der Waals surface area contributed by atoms with E-state index in [9.17, 15) is 0 Å². The van der Waals surface area contributed by atoms with E-state index in [4.69, 9.17) is 17.0 Å². The number of nitrogens with zero attached hydrogens (tertiary/aromatic N) is 2. The van der Waals surface area contributed by atoms with Gasteiger partial charge in [-0.15, -0.1) is 0 Å². The summed E-state index contributed by atoms with van der Waals surface area (Å²) in [6, 6.07) is 3.65. The lowest BCUT2D eigenvalue weighted by Gasteiger charge is -2.05. The normalized spacial score (nSPS) is 9.93. The second kappa shape index (κ2) is 4.18. The number of methoxy groups -OCH3 is 1. The fourth-order valence-corrected chi connectivity index (χ4v) is 1.47. The first-order valence-corrected chi connectivity index (χ1v) is 4.76. The minimum atomic E-state index is 0.599. The summed E-state index contributed by atoms with van der Waals surface area (Å²) in [5, 5.41) is 0. The number of pyridine rings is 1. The van der Waals surface area contributed by atoms with Crippen LogP contribution < -0.4 is 4.74 Å². The van der Waals surface area contributed by atoms with Crippen molar-refractivity contribution in [2.75, 3.05) is 7.11 Å². The van der Waals surface area contributed by atoms with E-state index >= 15 is 0 Å². The van der Waals surface area contributed by atoms with Gasteiger partial charge in [-0.25, -0.2) is 4.98 Å². The maximum Gasteiger partial charge on any atom is 0.145 e. The molecule has 4 nitrogen and oxygen atoms in total. The van der Waals surface area contributed by atoms with Gasteiger partial charge in [-0.2, -0.15) is 0 Å². The highest BCUT2D eigenvalue weighted by Gasteiger charge is 2.07. The molecule has 0 aliphatic heterocycles. The van der Waals surface area contributed by atoms with Gasteiger partial charge in [-0.1, -0.05) is 12.2 Å². The first kappa shape index (κ1) is 9.79. The van der Waals surface area contributed by atoms with E-state index in [1.807, 2.05) is 12.1 Å². The highest BCUT2D eigenvalue weighted by Crippen LogP contribution is 2.26. The number of ether oxygens (including phenoxy) is 1. The fourth-order valence-electron chi connectivity index (χ4n) is 1.27. The average Bonchev–Trinajstić information content (AvgIpc) is 2.30. The van der Waals surface area contributed by atoms with Gasteiger partial charge in [-0.3, -0.25) is 4.98 Å². The van der Waals surface area contributed by atoms with Gasteiger partial charge in [0.2, 0.25) is 0 Å². The first-order chi connectivity index (χ1) is 7.33. The van der Waals surface area contributed by atoms with Gasteiger partial charge in [-0.05, 0) is 12.1 Å². The van der Waals surface area contributed by atoms with Gasteiger partial charge in [0.25, 0.3) is 0 Å². The molecule has 0 spiro atoms. The molecule has 0 saturated heterocycles. The van der Waals surface area contributed by atoms with Crippen molar-refractivity contribution < 1.29 is 4.74 Å². The average molecular weight is 219 g/mol. The molecule has 0 aliphatic carbocycles. The summed E-state index contributed by atoms with van der Waals surface area (Å²) < 4.78 is 5.80. The predicted octanol–water partition coefficient (Wildman–Crippen LogP) is 2.21. The largest absolute Gasteiger partial charge is 0.494 e. The Morgan fingerprint density at radius 2 is 2.33 bits per heavy atom. The Hall–Kier alpha value is -1.75. The number of hydrogen-bond donors (Lipinski definition) is 1. The van der Waals surface area contributed by atoms with Crippen LogP contribution in [0.5, 0.6) is 5.75 Å². The molecule has 0 saturated carbocycles. The van der Waals surface area contributed by atoms with Gasteiger partial charge in [0.05, 0.1) is 19.0 Å². The SMILES string of the molecule is COc1cccnc1-c1cnc[nH]c1=S. The monoisotopic (exact) mass is 219 g/mol. The molecule has 5 heteroatoms. The molecule has 2 rings (SSSR count). The second-order valence-electron chi connectivity index (χ2n) is 2.85. The van der Waals surface area contributed by atoms with Crippen LogP contribution in [0.15, 0.2) is 30.9 Å². The number of nitrogens with one attached hydrogen (secondary N) is 1. The van der Waals surface area contributed by atoms with E-state index in [1.54, 1.807) is 25.8 Å². The maximum absolute atomic E-state index is 5.20. The van der Waals surface area contributed by atoms with Gasteiger partial charge in [0, 0.05) is 12.4 Å². The predicted molar refractivity (Wildman–Crippen MR) is 59.2 cm³/mol. The van der Waals surface area contributed by atoms with Crippen molar-refractivity contribution in [1.29, 1.82) is 0 Å². The molecule has 0 aliphatic rings. The summed E-state index contributed by atoms with van der Waals surface area (Å²) in [6.07, 6.45) is 4.91. The van der Waals surface area contributed by atoms with E-state index in [1.165, 1.54) is 0 Å². The Labute approximate surface area is 92.0 Å². The quantitative estimate of drug-likeness (QED) is 0.787. The Morgan fingerprint density at radius 1 is 1.47 bits per heavy atom. The molecule has 0 aromatic carbocycles. The number of hydrogen-bond acceptors (Lipinski definition) is 4. The Morgan fingerprint density at radius 3 is 3.07 bits per heavy atom. The van der Waals surface area contributed by atoms with Crippen molar-refractivity contribution in [3.05, 3.63) is 35.5 Å². The summed E-state index contributed by atoms with van der Waals surface area (Å²) in [4.78, 5) is 11.1. The van der Waals surface area contributed by atoms with Crippen LogP contribution in [0.3, 0.4) is 0 Å². The van der Waals surface area contributed by atoms with E-state index in [0.717, 1.165) is 5.56 Å². The highest BCUT2D eigenvalue weighted by molar-refractivity contribution is 7.71. The molecular weight excluding hydrogens is 210 g/mol. The summed E-state index contributed by atoms with van der Waals surface area (Å²) in [6.45, 7) is 0. The summed E-state index contributed by atoms with van der Waals surface area (Å²) in [7, 11) is 1.60. The minimum Gasteiger partial charge on any atom is -0.494 e. The lowest BCUT2D eigenvalue weighted by Crippen LogP contribution is -1.92. The highest BCUT2D eigenvalue weighted by atomic mass is 32.1. The molecule has 0 amide bonds. The van der Waals surface area contributed by atoms with Crippen LogP contribution in [0, 0.1) is 4.64 Å². The molecule has 76 valence electrons. The lowest BCUT2D eigenvalue weighted by atomic mass is 10.2. The van der Waals surface area contributed by atoms with Gasteiger partial charge in [0.15, 0.2) is 0 Å². The molecule has 2 aromatic rings. The van der Waals surface area contributed by atoms with Crippen LogP contribution in [0.4, 0.5) is 0 Å². The zero-order valence-electron chi connectivity index (χ0n) is 8.10. The van der Waals surface area contributed by atoms with E-state index in [-0.39, 0.29) is 0 Å². The second-order valence-corrected chi connectivity index (χ2v) is 3.26. The minimum absolute atomic E-state index is 0.599. The smallest absolute Gasteiger partial charge is 0.145 e. The van der Waals surface area contributed by atoms with Crippen LogP contribution in [0.25, 0.3) is 11.3 Å². The molecule has 1 N–H and O–H groups in total. The van der Waals surface area contributed by atoms with Crippen molar-refractivity contribution in [3.63, 3.8) is 0 Å². The van der Waals surface area contributed by atoms with Crippen molar-refractivity contribution in [1.82, 2.24) is 15.0 Å². The Bertz CT molecular complexity index is 524. The van der Waals surface area contributed by atoms with Crippen LogP contribution in [0.1, 0.15) is 0 Å². The first-order valence-electron chi connectivity index (χ1n) is 4.35. The van der Waals surface area contributed by atoms with Crippen molar-refractivity contribution in [2.24, 2.45) is 0 Å². The third-order valence-corrected chi connectivity index (χ3v) is 2.30. The molecule has 0 unspecified atom stereocenters. The summed E-state index contributed by atoms with van der Waals surface area (Å²) >= 11 is 5.15. The molecule has 2 heterocycles. The number of rotatable bonds is 2. The Kier molecular flexibility index (Phi) is 2.73. The maximum atomic E-state index is 5.20. The molecule has 0 radical (unpaired) electrons. The van der Waals surface area contributed by atoms with Gasteiger partial charge < -0.3 is 9.72 Å². The Balaban J connectivity index is 2.64. The number of aromatic nitrogens is 3. The summed E-state index contributed by atoms with van der Waals surface area (Å²) in [5.41, 5.74) is 1.47. The summed E-state index contributed by atoms with van der Waals surface area (Å²) in [5.74, 6) is 0.685. The third-order valence-electron chi connectivity index (χ3n) is 1.96. The zero-order valence-corrected chi connectivity index (χ0v) is 8.91. The van der Waals surface area contributed by atoms with Crippen LogP contribution >= 0.6 is 12.2 Å². The topological polar surface area (TPSA) is 50.8 Å². The van der Waals surface area contributed by atoms with E-state index in [0.29, 0.717) is 16.1 Å². The van der Waals surface area contributed by atoms with Gasteiger partial charge in [0.1, 0.15) is 16.1 Å². The number of H-pyrrole nitrogens is 1. The molecular formula is C10H9N3OS. The van der Waals surface area contributed by atoms with Crippen LogP contribution in [-0.2, 0) is 0 Å². The van der Waals surface area contributed by atoms with Crippen molar-refractivity contribution in [2.45, 2.75) is 0 Å². The van der Waals surface area contributed by atoms with Crippen molar-refractivity contribution in [3.8, 4) is 17.0 Å². The third kappa shape index (κ3) is 1.87. The van der Waals surface area contributed by atoms with E-state index < -0.39 is 0 Å². The molecule has 0 fully saturated rings. The molecule has 15 heavy (non-hydrogen) atoms. The number of aromatic amines is 1. The molecule has 0 bridgehead atoms. The van der Waals surface area contributed by atoms with Crippen LogP contribution in [-0.4, -0.2) is 22.1 Å². The van der Waals surface area contributed by atoms with E-state index in [2.05, 4.69) is 15.0 Å². The van der Waals surface area contributed by atoms with Crippen LogP contribution in [0.2, 0.25) is 0 Å². The molecule has 0 atom stereocenters. The standard InChI is InChI=1S/C10H9N3OS/c1-14-8-3-2-4-12-9(8)7-5-11-6-13-10(7)15/h2-6H,1H3,(H,11,13,15).